The quantitative estimate of drug-likeness (QED) is 0.411. The lowest BCUT2D eigenvalue weighted by Crippen LogP contribution is -2.29. The molecule has 0 bridgehead atoms. The van der Waals surface area contributed by atoms with Gasteiger partial charge in [-0.05, 0) is 65.5 Å². The fourth-order valence-electron chi connectivity index (χ4n) is 3.84. The number of benzene rings is 2. The second-order valence-electron chi connectivity index (χ2n) is 7.79. The summed E-state index contributed by atoms with van der Waals surface area (Å²) in [5, 5.41) is 4.07. The van der Waals surface area contributed by atoms with Crippen molar-refractivity contribution >= 4 is 27.5 Å². The van der Waals surface area contributed by atoms with E-state index >= 15 is 0 Å². The number of halogens is 3. The fraction of sp³-hybridized carbons (Fsp3) is 0.500. The Labute approximate surface area is 192 Å². The molecule has 6 heteroatoms. The van der Waals surface area contributed by atoms with Crippen molar-refractivity contribution in [1.29, 1.82) is 0 Å². The topological polar surface area (TPSA) is 30.5 Å². The summed E-state index contributed by atoms with van der Waals surface area (Å²) in [6.45, 7) is 3.53. The van der Waals surface area contributed by atoms with Gasteiger partial charge in [-0.2, -0.15) is 0 Å². The van der Waals surface area contributed by atoms with E-state index in [1.807, 2.05) is 13.0 Å². The maximum atomic E-state index is 13.3. The van der Waals surface area contributed by atoms with Crippen molar-refractivity contribution in [3.63, 3.8) is 0 Å². The highest BCUT2D eigenvalue weighted by Gasteiger charge is 2.15. The third kappa shape index (κ3) is 6.86. The number of hydrogen-bond donors (Lipinski definition) is 1. The van der Waals surface area contributed by atoms with Gasteiger partial charge in [0.15, 0.2) is 11.5 Å². The van der Waals surface area contributed by atoms with Crippen LogP contribution in [-0.4, -0.2) is 12.6 Å². The van der Waals surface area contributed by atoms with Gasteiger partial charge in [-0.1, -0.05) is 49.8 Å². The molecule has 0 unspecified atom stereocenters. The SMILES string of the molecule is CCOc1cc(CNC2CCCCCCC2)cc(Br)c1OCc1ccc(F)cc1Cl. The van der Waals surface area contributed by atoms with E-state index < -0.39 is 0 Å². The first-order valence-corrected chi connectivity index (χ1v) is 12.0. The van der Waals surface area contributed by atoms with Crippen LogP contribution in [-0.2, 0) is 13.2 Å². The van der Waals surface area contributed by atoms with Crippen LogP contribution in [0.5, 0.6) is 11.5 Å². The summed E-state index contributed by atoms with van der Waals surface area (Å²) in [5.41, 5.74) is 1.88. The predicted molar refractivity (Wildman–Crippen MR) is 124 cm³/mol. The van der Waals surface area contributed by atoms with Crippen molar-refractivity contribution in [2.45, 2.75) is 71.1 Å². The Bertz CT molecular complexity index is 825. The lowest BCUT2D eigenvalue weighted by Gasteiger charge is -2.22. The summed E-state index contributed by atoms with van der Waals surface area (Å²) in [5.74, 6) is 0.965. The summed E-state index contributed by atoms with van der Waals surface area (Å²) in [7, 11) is 0. The molecule has 30 heavy (non-hydrogen) atoms. The smallest absolute Gasteiger partial charge is 0.175 e. The maximum Gasteiger partial charge on any atom is 0.175 e. The highest BCUT2D eigenvalue weighted by Crippen LogP contribution is 2.38. The van der Waals surface area contributed by atoms with Gasteiger partial charge in [-0.3, -0.25) is 0 Å². The normalized spacial score (nSPS) is 15.5. The van der Waals surface area contributed by atoms with Gasteiger partial charge in [-0.15, -0.1) is 0 Å². The Balaban J connectivity index is 1.68. The fourth-order valence-corrected chi connectivity index (χ4v) is 4.66. The monoisotopic (exact) mass is 497 g/mol. The van der Waals surface area contributed by atoms with Crippen LogP contribution in [0.3, 0.4) is 0 Å². The lowest BCUT2D eigenvalue weighted by molar-refractivity contribution is 0.267. The van der Waals surface area contributed by atoms with Gasteiger partial charge in [0.05, 0.1) is 16.1 Å². The minimum atomic E-state index is -0.360. The van der Waals surface area contributed by atoms with E-state index in [0.717, 1.165) is 22.1 Å². The molecule has 164 valence electrons. The highest BCUT2D eigenvalue weighted by molar-refractivity contribution is 9.10. The van der Waals surface area contributed by atoms with Crippen LogP contribution in [0, 0.1) is 5.82 Å². The molecule has 2 aromatic carbocycles. The van der Waals surface area contributed by atoms with Crippen molar-refractivity contribution < 1.29 is 13.9 Å². The minimum Gasteiger partial charge on any atom is -0.490 e. The second-order valence-corrected chi connectivity index (χ2v) is 9.05. The molecule has 0 spiro atoms. The predicted octanol–water partition coefficient (Wildman–Crippen LogP) is 7.42. The molecule has 0 aliphatic heterocycles. The summed E-state index contributed by atoms with van der Waals surface area (Å²) >= 11 is 9.76. The van der Waals surface area contributed by atoms with Gasteiger partial charge in [0, 0.05) is 18.2 Å². The third-order valence-corrected chi connectivity index (χ3v) is 6.40. The van der Waals surface area contributed by atoms with Crippen LogP contribution in [0.4, 0.5) is 4.39 Å². The van der Waals surface area contributed by atoms with Crippen molar-refractivity contribution in [2.75, 3.05) is 6.61 Å². The molecule has 3 nitrogen and oxygen atoms in total. The molecule has 0 amide bonds. The molecule has 1 aliphatic carbocycles. The van der Waals surface area contributed by atoms with Crippen LogP contribution in [0.2, 0.25) is 5.02 Å². The number of ether oxygens (including phenoxy) is 2. The Morgan fingerprint density at radius 1 is 1.07 bits per heavy atom. The zero-order valence-corrected chi connectivity index (χ0v) is 19.8. The molecule has 1 N–H and O–H groups in total. The third-order valence-electron chi connectivity index (χ3n) is 5.46. The van der Waals surface area contributed by atoms with Crippen molar-refractivity contribution in [3.05, 3.63) is 56.8 Å². The minimum absolute atomic E-state index is 0.234. The molecule has 1 saturated carbocycles. The molecular formula is C24H30BrClFNO2. The molecular weight excluding hydrogens is 469 g/mol. The average Bonchev–Trinajstić information content (AvgIpc) is 2.68. The van der Waals surface area contributed by atoms with E-state index in [1.54, 1.807) is 6.07 Å². The Morgan fingerprint density at radius 3 is 2.50 bits per heavy atom. The molecule has 0 aromatic heterocycles. The summed E-state index contributed by atoms with van der Waals surface area (Å²) in [4.78, 5) is 0. The molecule has 0 heterocycles. The Hall–Kier alpha value is -1.30. The summed E-state index contributed by atoms with van der Waals surface area (Å²) < 4.78 is 26.0. The lowest BCUT2D eigenvalue weighted by atomic mass is 9.96. The van der Waals surface area contributed by atoms with Gasteiger partial charge in [-0.25, -0.2) is 4.39 Å². The summed E-state index contributed by atoms with van der Waals surface area (Å²) in [6.07, 6.45) is 9.19. The standard InChI is InChI=1S/C24H30BrClFNO2/c1-2-29-23-13-17(15-28-20-8-6-4-3-5-7-9-20)12-21(25)24(23)30-16-18-10-11-19(27)14-22(18)26/h10-14,20,28H,2-9,15-16H2,1H3. The molecule has 1 fully saturated rings. The van der Waals surface area contributed by atoms with Crippen LogP contribution < -0.4 is 14.8 Å². The van der Waals surface area contributed by atoms with Crippen LogP contribution in [0.1, 0.15) is 63.0 Å². The van der Waals surface area contributed by atoms with E-state index in [0.29, 0.717) is 29.2 Å². The van der Waals surface area contributed by atoms with Crippen LogP contribution in [0.25, 0.3) is 0 Å². The van der Waals surface area contributed by atoms with E-state index in [1.165, 1.54) is 57.1 Å². The van der Waals surface area contributed by atoms with E-state index in [2.05, 4.69) is 27.3 Å². The largest absolute Gasteiger partial charge is 0.490 e. The molecule has 1 aliphatic rings. The van der Waals surface area contributed by atoms with Crippen molar-refractivity contribution in [3.8, 4) is 11.5 Å². The number of rotatable bonds is 8. The molecule has 3 rings (SSSR count). The highest BCUT2D eigenvalue weighted by atomic mass is 79.9. The Morgan fingerprint density at radius 2 is 1.80 bits per heavy atom. The first-order chi connectivity index (χ1) is 14.6. The number of nitrogens with one attached hydrogen (secondary N) is 1. The van der Waals surface area contributed by atoms with Crippen molar-refractivity contribution in [2.24, 2.45) is 0 Å². The zero-order valence-electron chi connectivity index (χ0n) is 17.5. The second kappa shape index (κ2) is 11.9. The Kier molecular flexibility index (Phi) is 9.28. The molecule has 0 saturated heterocycles. The van der Waals surface area contributed by atoms with Crippen LogP contribution >= 0.6 is 27.5 Å². The van der Waals surface area contributed by atoms with Gasteiger partial charge in [0.25, 0.3) is 0 Å². The van der Waals surface area contributed by atoms with Gasteiger partial charge < -0.3 is 14.8 Å². The number of hydrogen-bond acceptors (Lipinski definition) is 3. The van der Waals surface area contributed by atoms with Gasteiger partial charge in [0.2, 0.25) is 0 Å². The van der Waals surface area contributed by atoms with Crippen molar-refractivity contribution in [1.82, 2.24) is 5.32 Å². The molecule has 2 aromatic rings. The van der Waals surface area contributed by atoms with Gasteiger partial charge in [0.1, 0.15) is 12.4 Å². The first-order valence-electron chi connectivity index (χ1n) is 10.8. The zero-order chi connectivity index (χ0) is 21.3. The molecule has 0 atom stereocenters. The maximum absolute atomic E-state index is 13.3. The van der Waals surface area contributed by atoms with E-state index in [9.17, 15) is 4.39 Å². The van der Waals surface area contributed by atoms with E-state index in [-0.39, 0.29) is 12.4 Å². The van der Waals surface area contributed by atoms with E-state index in [4.69, 9.17) is 21.1 Å². The van der Waals surface area contributed by atoms with Crippen LogP contribution in [0.15, 0.2) is 34.8 Å². The average molecular weight is 499 g/mol. The van der Waals surface area contributed by atoms with Gasteiger partial charge >= 0.3 is 0 Å². The first kappa shape index (κ1) is 23.4. The summed E-state index contributed by atoms with van der Waals surface area (Å²) in [6, 6.07) is 9.00. The molecule has 0 radical (unpaired) electrons.